The molecule has 12 heteroatoms. The van der Waals surface area contributed by atoms with E-state index in [4.69, 9.17) is 0 Å². The minimum Gasteiger partial charge on any atom is -0.380 e. The maximum atomic E-state index is 15.2. The number of nitrogens with one attached hydrogen (secondary N) is 2. The molecule has 7 nitrogen and oxygen atoms in total. The summed E-state index contributed by atoms with van der Waals surface area (Å²) in [5.74, 6) is -2.25. The lowest BCUT2D eigenvalue weighted by atomic mass is 9.78. The molecule has 0 bridgehead atoms. The summed E-state index contributed by atoms with van der Waals surface area (Å²) in [6, 6.07) is 3.12. The number of aromatic nitrogens is 2. The molecule has 3 atom stereocenters. The van der Waals surface area contributed by atoms with E-state index in [0.717, 1.165) is 25.3 Å². The lowest BCUT2D eigenvalue weighted by Gasteiger charge is -2.41. The Kier molecular flexibility index (Phi) is 7.23. The van der Waals surface area contributed by atoms with Crippen LogP contribution in [0, 0.1) is 11.7 Å². The zero-order valence-corrected chi connectivity index (χ0v) is 20.3. The summed E-state index contributed by atoms with van der Waals surface area (Å²) in [5, 5.41) is 3.29. The van der Waals surface area contributed by atoms with Gasteiger partial charge in [-0.3, -0.25) is 4.72 Å². The highest BCUT2D eigenvalue weighted by Crippen LogP contribution is 2.44. The molecule has 2 saturated carbocycles. The molecule has 0 radical (unpaired) electrons. The number of anilines is 2. The highest BCUT2D eigenvalue weighted by molar-refractivity contribution is 7.92. The van der Waals surface area contributed by atoms with Crippen LogP contribution >= 0.6 is 0 Å². The molecule has 0 amide bonds. The molecule has 0 aliphatic heterocycles. The normalized spacial score (nSPS) is 23.7. The van der Waals surface area contributed by atoms with Gasteiger partial charge in [-0.05, 0) is 75.9 Å². The van der Waals surface area contributed by atoms with Gasteiger partial charge in [-0.25, -0.2) is 22.8 Å². The molecule has 4 rings (SSSR count). The molecule has 2 aliphatic carbocycles. The predicted octanol–water partition coefficient (Wildman–Crippen LogP) is 4.76. The molecule has 0 spiro atoms. The van der Waals surface area contributed by atoms with Crippen LogP contribution in [-0.4, -0.2) is 55.6 Å². The van der Waals surface area contributed by atoms with Crippen LogP contribution in [-0.2, 0) is 10.0 Å². The summed E-state index contributed by atoms with van der Waals surface area (Å²) in [6.45, 7) is 0. The van der Waals surface area contributed by atoms with Crippen LogP contribution in [0.3, 0.4) is 0 Å². The number of nitrogens with zero attached hydrogens (tertiary/aromatic N) is 3. The van der Waals surface area contributed by atoms with Crippen molar-refractivity contribution < 1.29 is 26.0 Å². The molecule has 2 aromatic rings. The molecular weight excluding hydrogens is 486 g/mol. The topological polar surface area (TPSA) is 87.2 Å². The van der Waals surface area contributed by atoms with Crippen molar-refractivity contribution in [1.82, 2.24) is 14.9 Å². The highest BCUT2D eigenvalue weighted by atomic mass is 32.2. The second kappa shape index (κ2) is 9.88. The summed E-state index contributed by atoms with van der Waals surface area (Å²) in [5.41, 5.74) is 1.10. The third-order valence-electron chi connectivity index (χ3n) is 7.04. The van der Waals surface area contributed by atoms with Gasteiger partial charge in [-0.1, -0.05) is 6.42 Å². The lowest BCUT2D eigenvalue weighted by Crippen LogP contribution is -2.50. The fourth-order valence-electron chi connectivity index (χ4n) is 4.88. The first-order valence-corrected chi connectivity index (χ1v) is 13.1. The van der Waals surface area contributed by atoms with Crippen LogP contribution in [0.1, 0.15) is 50.0 Å². The van der Waals surface area contributed by atoms with Crippen molar-refractivity contribution in [1.29, 1.82) is 0 Å². The zero-order valence-electron chi connectivity index (χ0n) is 19.5. The van der Waals surface area contributed by atoms with E-state index in [2.05, 4.69) is 20.0 Å². The smallest absolute Gasteiger partial charge is 0.380 e. The molecule has 1 heterocycles. The molecule has 1 aromatic carbocycles. The molecular formula is C23H29F4N5O2S. The molecule has 2 aliphatic rings. The van der Waals surface area contributed by atoms with Crippen molar-refractivity contribution in [3.05, 3.63) is 42.1 Å². The van der Waals surface area contributed by atoms with Gasteiger partial charge in [0.15, 0.2) is 0 Å². The van der Waals surface area contributed by atoms with E-state index in [1.165, 1.54) is 24.7 Å². The van der Waals surface area contributed by atoms with E-state index in [9.17, 15) is 21.6 Å². The third-order valence-corrected chi connectivity index (χ3v) is 8.41. The molecule has 192 valence electrons. The number of likely N-dealkylation sites (N-methyl/N-ethyl adjacent to an activating group) is 1. The van der Waals surface area contributed by atoms with Crippen LogP contribution in [0.15, 0.2) is 35.6 Å². The van der Waals surface area contributed by atoms with Crippen molar-refractivity contribution in [2.24, 2.45) is 5.92 Å². The number of hydrogen-bond acceptors (Lipinski definition) is 6. The number of hydrogen-bond donors (Lipinski definition) is 2. The first kappa shape index (κ1) is 25.6. The zero-order chi connectivity index (χ0) is 25.4. The predicted molar refractivity (Wildman–Crippen MR) is 124 cm³/mol. The first-order valence-electron chi connectivity index (χ1n) is 11.6. The van der Waals surface area contributed by atoms with Crippen molar-refractivity contribution >= 4 is 21.5 Å². The van der Waals surface area contributed by atoms with Crippen LogP contribution in [0.2, 0.25) is 0 Å². The lowest BCUT2D eigenvalue weighted by molar-refractivity contribution is -0.186. The van der Waals surface area contributed by atoms with Crippen LogP contribution in [0.25, 0.3) is 0 Å². The van der Waals surface area contributed by atoms with Gasteiger partial charge in [0.1, 0.15) is 22.9 Å². The van der Waals surface area contributed by atoms with Crippen molar-refractivity contribution in [2.45, 2.75) is 67.6 Å². The SMILES string of the molecule is CN(C)[C@H]1C[C@@H](C(F)(F)F)CC[C@@H]1Nc1cc(F)c(S(=O)(=O)Nc2ccncn2)cc1C1CCC1. The van der Waals surface area contributed by atoms with Gasteiger partial charge in [-0.15, -0.1) is 0 Å². The number of alkyl halides is 3. The van der Waals surface area contributed by atoms with Crippen molar-refractivity contribution in [2.75, 3.05) is 24.1 Å². The summed E-state index contributed by atoms with van der Waals surface area (Å²) < 4.78 is 83.4. The summed E-state index contributed by atoms with van der Waals surface area (Å²) in [4.78, 5) is 8.83. The molecule has 2 fully saturated rings. The summed E-state index contributed by atoms with van der Waals surface area (Å²) >= 11 is 0. The number of benzene rings is 1. The Bertz CT molecular complexity index is 1140. The van der Waals surface area contributed by atoms with Gasteiger partial charge in [0.2, 0.25) is 0 Å². The average Bonchev–Trinajstić information content (AvgIpc) is 2.73. The van der Waals surface area contributed by atoms with Crippen molar-refractivity contribution in [3.63, 3.8) is 0 Å². The Morgan fingerprint density at radius 2 is 1.86 bits per heavy atom. The van der Waals surface area contributed by atoms with E-state index in [1.54, 1.807) is 19.0 Å². The summed E-state index contributed by atoms with van der Waals surface area (Å²) in [7, 11) is -0.786. The fourth-order valence-corrected chi connectivity index (χ4v) is 5.99. The van der Waals surface area contributed by atoms with Gasteiger partial charge >= 0.3 is 6.18 Å². The van der Waals surface area contributed by atoms with E-state index in [0.29, 0.717) is 11.3 Å². The van der Waals surface area contributed by atoms with E-state index in [1.807, 2.05) is 0 Å². The maximum Gasteiger partial charge on any atom is 0.391 e. The van der Waals surface area contributed by atoms with Gasteiger partial charge in [0.05, 0.1) is 5.92 Å². The number of rotatable bonds is 7. The molecule has 2 N–H and O–H groups in total. The van der Waals surface area contributed by atoms with Gasteiger partial charge in [0.25, 0.3) is 10.0 Å². The van der Waals surface area contributed by atoms with Crippen molar-refractivity contribution in [3.8, 4) is 0 Å². The Balaban J connectivity index is 1.64. The Labute approximate surface area is 202 Å². The number of halogens is 4. The third kappa shape index (κ3) is 5.69. The molecule has 1 aromatic heterocycles. The van der Waals surface area contributed by atoms with Crippen LogP contribution in [0.4, 0.5) is 29.1 Å². The maximum absolute atomic E-state index is 15.2. The fraction of sp³-hybridized carbons (Fsp3) is 0.565. The van der Waals surface area contributed by atoms with Gasteiger partial charge in [-0.2, -0.15) is 13.2 Å². The second-order valence-electron chi connectivity index (χ2n) is 9.53. The summed E-state index contributed by atoms with van der Waals surface area (Å²) in [6.07, 6.45) is 1.13. The average molecular weight is 516 g/mol. The number of sulfonamides is 1. The Hall–Kier alpha value is -2.47. The van der Waals surface area contributed by atoms with E-state index >= 15 is 4.39 Å². The molecule has 0 unspecified atom stereocenters. The van der Waals surface area contributed by atoms with Gasteiger partial charge < -0.3 is 10.2 Å². The monoisotopic (exact) mass is 515 g/mol. The quantitative estimate of drug-likeness (QED) is 0.518. The first-order chi connectivity index (χ1) is 16.5. The van der Waals surface area contributed by atoms with E-state index < -0.39 is 38.9 Å². The molecule has 0 saturated heterocycles. The Morgan fingerprint density at radius 3 is 2.43 bits per heavy atom. The van der Waals surface area contributed by atoms with E-state index in [-0.39, 0.29) is 37.0 Å². The minimum absolute atomic E-state index is 0.0118. The largest absolute Gasteiger partial charge is 0.391 e. The minimum atomic E-state index is -4.26. The molecule has 35 heavy (non-hydrogen) atoms. The standard InChI is InChI=1S/C23H29F4N5O2S/c1-32(2)20-10-15(23(25,26)27)6-7-18(20)30-19-12-17(24)21(11-16(19)14-4-3-5-14)35(33,34)31-22-8-9-28-13-29-22/h8-9,11-15,18,20,30H,3-7,10H2,1-2H3,(H,28,29,31)/t15-,18-,20-/m0/s1. The Morgan fingerprint density at radius 1 is 1.11 bits per heavy atom. The van der Waals surface area contributed by atoms with Crippen LogP contribution in [0.5, 0.6) is 0 Å². The van der Waals surface area contributed by atoms with Gasteiger partial charge in [0, 0.05) is 24.0 Å². The van der Waals surface area contributed by atoms with Crippen LogP contribution < -0.4 is 10.0 Å². The second-order valence-corrected chi connectivity index (χ2v) is 11.2. The highest BCUT2D eigenvalue weighted by Gasteiger charge is 2.45.